The molecule has 3 heterocycles. The van der Waals surface area contributed by atoms with Crippen LogP contribution in [0.5, 0.6) is 5.75 Å². The Labute approximate surface area is 188 Å². The number of phenolic OH excluding ortho intramolecular Hbond substituents is 1. The molecule has 1 fully saturated rings. The zero-order valence-corrected chi connectivity index (χ0v) is 18.5. The number of para-hydroxylation sites is 1. The lowest BCUT2D eigenvalue weighted by atomic mass is 10.1. The van der Waals surface area contributed by atoms with Crippen molar-refractivity contribution in [1.82, 2.24) is 15.2 Å². The quantitative estimate of drug-likeness (QED) is 0.615. The fourth-order valence-corrected chi connectivity index (χ4v) is 4.00. The van der Waals surface area contributed by atoms with Gasteiger partial charge in [0.15, 0.2) is 5.82 Å². The maximum absolute atomic E-state index is 10.2. The van der Waals surface area contributed by atoms with Crippen LogP contribution >= 0.6 is 0 Å². The molecule has 1 atom stereocenters. The molecule has 7 heteroatoms. The summed E-state index contributed by atoms with van der Waals surface area (Å²) < 4.78 is 0. The zero-order valence-electron chi connectivity index (χ0n) is 18.5. The summed E-state index contributed by atoms with van der Waals surface area (Å²) in [6.45, 7) is 6.75. The number of benzene rings is 1. The van der Waals surface area contributed by atoms with E-state index in [-0.39, 0.29) is 5.75 Å². The molecule has 0 saturated carbocycles. The van der Waals surface area contributed by atoms with E-state index in [0.717, 1.165) is 49.5 Å². The van der Waals surface area contributed by atoms with Gasteiger partial charge in [0.2, 0.25) is 0 Å². The molecule has 3 N–H and O–H groups in total. The average Bonchev–Trinajstić information content (AvgIpc) is 3.00. The molecule has 32 heavy (non-hydrogen) atoms. The predicted octanol–water partition coefficient (Wildman–Crippen LogP) is 3.69. The minimum atomic E-state index is 0.174. The molecule has 2 aromatic heterocycles. The maximum atomic E-state index is 10.2. The Bertz CT molecular complexity index is 1150. The summed E-state index contributed by atoms with van der Waals surface area (Å²) in [5, 5.41) is 18.6. The second-order valence-corrected chi connectivity index (χ2v) is 7.89. The van der Waals surface area contributed by atoms with Gasteiger partial charge in [-0.2, -0.15) is 0 Å². The van der Waals surface area contributed by atoms with Gasteiger partial charge in [0.1, 0.15) is 11.4 Å². The van der Waals surface area contributed by atoms with E-state index in [4.69, 9.17) is 5.73 Å². The number of aromatic nitrogens is 3. The number of nitrogens with zero attached hydrogens (tertiary/aromatic N) is 5. The predicted molar refractivity (Wildman–Crippen MR) is 129 cm³/mol. The molecule has 1 aromatic carbocycles. The molecule has 1 aliphatic rings. The van der Waals surface area contributed by atoms with E-state index in [9.17, 15) is 5.11 Å². The van der Waals surface area contributed by atoms with Crippen molar-refractivity contribution in [3.05, 3.63) is 54.4 Å². The minimum absolute atomic E-state index is 0.174. The van der Waals surface area contributed by atoms with Crippen LogP contribution in [0.25, 0.3) is 11.3 Å². The second-order valence-electron chi connectivity index (χ2n) is 7.89. The highest BCUT2D eigenvalue weighted by molar-refractivity contribution is 5.74. The first-order valence-corrected chi connectivity index (χ1v) is 10.9. The van der Waals surface area contributed by atoms with Crippen molar-refractivity contribution in [1.29, 1.82) is 0 Å². The number of phenols is 1. The molecular weight excluding hydrogens is 400 g/mol. The van der Waals surface area contributed by atoms with Gasteiger partial charge in [-0.1, -0.05) is 25.0 Å². The van der Waals surface area contributed by atoms with Crippen molar-refractivity contribution < 1.29 is 5.11 Å². The molecule has 4 rings (SSSR count). The normalized spacial score (nSPS) is 16.2. The van der Waals surface area contributed by atoms with Crippen LogP contribution in [0.15, 0.2) is 48.7 Å². The molecule has 0 aliphatic carbocycles. The van der Waals surface area contributed by atoms with Gasteiger partial charge in [0.05, 0.1) is 11.4 Å². The number of hydrogen-bond donors (Lipinski definition) is 2. The molecule has 3 aromatic rings. The number of anilines is 3. The Hall–Kier alpha value is -3.79. The third kappa shape index (κ3) is 4.59. The average molecular weight is 429 g/mol. The van der Waals surface area contributed by atoms with E-state index in [1.807, 2.05) is 37.4 Å². The molecule has 1 aliphatic heterocycles. The van der Waals surface area contributed by atoms with Gasteiger partial charge >= 0.3 is 0 Å². The first-order chi connectivity index (χ1) is 15.6. The van der Waals surface area contributed by atoms with Crippen LogP contribution in [0.4, 0.5) is 17.2 Å². The number of nitrogen functional groups attached to an aromatic ring is 1. The zero-order chi connectivity index (χ0) is 22.5. The number of pyridine rings is 1. The topological polar surface area (TPSA) is 91.4 Å². The second kappa shape index (κ2) is 9.56. The molecule has 0 spiro atoms. The molecule has 1 unspecified atom stereocenters. The summed E-state index contributed by atoms with van der Waals surface area (Å²) in [7, 11) is 0. The Balaban J connectivity index is 1.58. The third-order valence-electron chi connectivity index (χ3n) is 5.75. The van der Waals surface area contributed by atoms with Gasteiger partial charge in [0, 0.05) is 49.5 Å². The molecule has 0 radical (unpaired) electrons. The van der Waals surface area contributed by atoms with E-state index < -0.39 is 0 Å². The summed E-state index contributed by atoms with van der Waals surface area (Å²) in [6.07, 6.45) is 3.60. The Kier molecular flexibility index (Phi) is 6.41. The summed E-state index contributed by atoms with van der Waals surface area (Å²) in [4.78, 5) is 9.03. The van der Waals surface area contributed by atoms with Crippen molar-refractivity contribution >= 4 is 17.2 Å². The lowest BCUT2D eigenvalue weighted by Gasteiger charge is -2.29. The molecule has 0 amide bonds. The van der Waals surface area contributed by atoms with E-state index in [1.165, 1.54) is 0 Å². The molecule has 164 valence electrons. The largest absolute Gasteiger partial charge is 0.507 e. The highest BCUT2D eigenvalue weighted by Gasteiger charge is 2.24. The standard InChI is InChI=1S/C25H28N6O/c1-3-4-7-19-16-20(10-12-27-19)31-15-14-30(13-11-18(31)2)23-17-22(28-29-25(23)26)21-8-5-6-9-24(21)32/h5-6,8-10,12,16-18,32H,3,11,13-15H2,1-2H3,(H2,26,29). The van der Waals surface area contributed by atoms with Crippen molar-refractivity contribution in [2.45, 2.75) is 32.7 Å². The lowest BCUT2D eigenvalue weighted by Crippen LogP contribution is -2.35. The van der Waals surface area contributed by atoms with Crippen LogP contribution in [-0.4, -0.2) is 46.0 Å². The number of aromatic hydroxyl groups is 1. The van der Waals surface area contributed by atoms with Crippen LogP contribution in [0, 0.1) is 11.8 Å². The van der Waals surface area contributed by atoms with Gasteiger partial charge in [0.25, 0.3) is 0 Å². The first-order valence-electron chi connectivity index (χ1n) is 10.9. The fraction of sp³-hybridized carbons (Fsp3) is 0.320. The SMILES string of the molecule is CCC#Cc1cc(N2CCN(c3cc(-c4ccccc4O)nnc3N)CCC2C)ccn1. The number of rotatable bonds is 3. The fourth-order valence-electron chi connectivity index (χ4n) is 4.00. The van der Waals surface area contributed by atoms with E-state index >= 15 is 0 Å². The van der Waals surface area contributed by atoms with Crippen molar-refractivity contribution in [3.8, 4) is 28.8 Å². The van der Waals surface area contributed by atoms with Gasteiger partial charge in [-0.05, 0) is 49.6 Å². The van der Waals surface area contributed by atoms with Crippen LogP contribution < -0.4 is 15.5 Å². The molecule has 7 nitrogen and oxygen atoms in total. The van der Waals surface area contributed by atoms with Crippen molar-refractivity contribution in [3.63, 3.8) is 0 Å². The van der Waals surface area contributed by atoms with Gasteiger partial charge in [-0.15, -0.1) is 10.2 Å². The third-order valence-corrected chi connectivity index (χ3v) is 5.75. The highest BCUT2D eigenvalue weighted by atomic mass is 16.3. The number of hydrogen-bond acceptors (Lipinski definition) is 7. The van der Waals surface area contributed by atoms with Crippen LogP contribution in [0.3, 0.4) is 0 Å². The van der Waals surface area contributed by atoms with E-state index in [2.05, 4.69) is 49.8 Å². The monoisotopic (exact) mass is 428 g/mol. The Morgan fingerprint density at radius 3 is 2.78 bits per heavy atom. The summed E-state index contributed by atoms with van der Waals surface area (Å²) in [5.74, 6) is 6.78. The summed E-state index contributed by atoms with van der Waals surface area (Å²) in [6, 6.07) is 13.5. The van der Waals surface area contributed by atoms with Crippen molar-refractivity contribution in [2.75, 3.05) is 35.2 Å². The van der Waals surface area contributed by atoms with Gasteiger partial charge in [-0.3, -0.25) is 0 Å². The van der Waals surface area contributed by atoms with Crippen LogP contribution in [-0.2, 0) is 0 Å². The van der Waals surface area contributed by atoms with Gasteiger partial charge in [-0.25, -0.2) is 4.98 Å². The van der Waals surface area contributed by atoms with Gasteiger partial charge < -0.3 is 20.6 Å². The molecule has 1 saturated heterocycles. The molecular formula is C25H28N6O. The Morgan fingerprint density at radius 1 is 1.12 bits per heavy atom. The number of nitrogens with two attached hydrogens (primary N) is 1. The maximum Gasteiger partial charge on any atom is 0.169 e. The molecule has 0 bridgehead atoms. The van der Waals surface area contributed by atoms with Crippen molar-refractivity contribution in [2.24, 2.45) is 0 Å². The van der Waals surface area contributed by atoms with Crippen LogP contribution in [0.2, 0.25) is 0 Å². The van der Waals surface area contributed by atoms with E-state index in [1.54, 1.807) is 12.1 Å². The lowest BCUT2D eigenvalue weighted by molar-refractivity contribution is 0.477. The first kappa shape index (κ1) is 21.4. The highest BCUT2D eigenvalue weighted by Crippen LogP contribution is 2.32. The summed E-state index contributed by atoms with van der Waals surface area (Å²) in [5.41, 5.74) is 10.2. The van der Waals surface area contributed by atoms with Crippen LogP contribution in [0.1, 0.15) is 32.4 Å². The smallest absolute Gasteiger partial charge is 0.169 e. The Morgan fingerprint density at radius 2 is 1.97 bits per heavy atom. The minimum Gasteiger partial charge on any atom is -0.507 e. The van der Waals surface area contributed by atoms with E-state index in [0.29, 0.717) is 23.1 Å². The summed E-state index contributed by atoms with van der Waals surface area (Å²) >= 11 is 0.